The molecule has 0 aromatic carbocycles. The monoisotopic (exact) mass is 128 g/mol. The quantitative estimate of drug-likeness (QED) is 0.449. The molecule has 4 nitrogen and oxygen atoms in total. The summed E-state index contributed by atoms with van der Waals surface area (Å²) in [4.78, 5) is 21.9. The predicted molar refractivity (Wildman–Crippen MR) is 30.5 cm³/mol. The number of hydrogen-bond acceptors (Lipinski definition) is 2. The van der Waals surface area contributed by atoms with Gasteiger partial charge in [-0.2, -0.15) is 0 Å². The van der Waals surface area contributed by atoms with E-state index in [1.807, 2.05) is 0 Å². The van der Waals surface area contributed by atoms with Crippen molar-refractivity contribution in [2.45, 2.75) is 6.92 Å². The first-order chi connectivity index (χ1) is 4.13. The fourth-order valence-corrected chi connectivity index (χ4v) is 0.794. The van der Waals surface area contributed by atoms with E-state index >= 15 is 0 Å². The van der Waals surface area contributed by atoms with Crippen molar-refractivity contribution >= 4 is 11.9 Å². The number of carbonyl (C=O) groups is 2. The van der Waals surface area contributed by atoms with Crippen molar-refractivity contribution in [3.63, 3.8) is 0 Å². The highest BCUT2D eigenvalue weighted by Gasteiger charge is 2.35. The van der Waals surface area contributed by atoms with Gasteiger partial charge in [0.25, 0.3) is 0 Å². The highest BCUT2D eigenvalue weighted by Crippen LogP contribution is 2.14. The van der Waals surface area contributed by atoms with Gasteiger partial charge in [-0.25, -0.2) is 4.79 Å². The van der Waals surface area contributed by atoms with Crippen LogP contribution in [0.15, 0.2) is 0 Å². The minimum absolute atomic E-state index is 0.0162. The van der Waals surface area contributed by atoms with Crippen molar-refractivity contribution in [2.24, 2.45) is 11.7 Å². The van der Waals surface area contributed by atoms with Gasteiger partial charge in [0.1, 0.15) is 0 Å². The number of likely N-dealkylation sites (tertiary alicyclic amines) is 1. The molecule has 1 heterocycles. The molecule has 1 atom stereocenters. The molecule has 1 saturated heterocycles. The van der Waals surface area contributed by atoms with Crippen LogP contribution in [-0.4, -0.2) is 23.4 Å². The first kappa shape index (κ1) is 6.07. The van der Waals surface area contributed by atoms with E-state index in [4.69, 9.17) is 5.73 Å². The summed E-state index contributed by atoms with van der Waals surface area (Å²) in [6, 6.07) is -0.641. The van der Waals surface area contributed by atoms with Gasteiger partial charge >= 0.3 is 6.03 Å². The highest BCUT2D eigenvalue weighted by atomic mass is 16.2. The molecule has 1 rings (SSSR count). The molecule has 0 bridgehead atoms. The van der Waals surface area contributed by atoms with Crippen molar-refractivity contribution in [3.8, 4) is 0 Å². The Bertz CT molecular complexity index is 166. The molecule has 0 aliphatic carbocycles. The van der Waals surface area contributed by atoms with Crippen molar-refractivity contribution in [2.75, 3.05) is 6.54 Å². The Morgan fingerprint density at radius 2 is 2.44 bits per heavy atom. The van der Waals surface area contributed by atoms with Gasteiger partial charge < -0.3 is 5.73 Å². The topological polar surface area (TPSA) is 63.4 Å². The van der Waals surface area contributed by atoms with Gasteiger partial charge in [0.15, 0.2) is 0 Å². The molecular formula is C5H8N2O2. The number of amides is 3. The third-order valence-electron chi connectivity index (χ3n) is 1.41. The molecule has 2 N–H and O–H groups in total. The van der Waals surface area contributed by atoms with Gasteiger partial charge in [0, 0.05) is 6.54 Å². The van der Waals surface area contributed by atoms with Crippen LogP contribution >= 0.6 is 0 Å². The lowest BCUT2D eigenvalue weighted by Crippen LogP contribution is -2.55. The summed E-state index contributed by atoms with van der Waals surface area (Å²) in [7, 11) is 0. The van der Waals surface area contributed by atoms with Crippen LogP contribution in [0.1, 0.15) is 6.92 Å². The molecule has 0 aromatic rings. The average Bonchev–Trinajstić information content (AvgIpc) is 1.81. The first-order valence-corrected chi connectivity index (χ1v) is 2.73. The molecule has 0 spiro atoms. The van der Waals surface area contributed by atoms with Crippen molar-refractivity contribution in [1.82, 2.24) is 4.90 Å². The molecule has 9 heavy (non-hydrogen) atoms. The molecule has 1 unspecified atom stereocenters. The van der Waals surface area contributed by atoms with Crippen LogP contribution in [0.25, 0.3) is 0 Å². The lowest BCUT2D eigenvalue weighted by atomic mass is 10.0. The SMILES string of the molecule is CC1CN(C(N)=O)C1=O. The van der Waals surface area contributed by atoms with Crippen LogP contribution in [0.3, 0.4) is 0 Å². The Hall–Kier alpha value is -1.06. The van der Waals surface area contributed by atoms with E-state index in [0.717, 1.165) is 4.90 Å². The Morgan fingerprint density at radius 3 is 2.56 bits per heavy atom. The summed E-state index contributed by atoms with van der Waals surface area (Å²) in [5, 5.41) is 0. The Kier molecular flexibility index (Phi) is 1.16. The average molecular weight is 128 g/mol. The fraction of sp³-hybridized carbons (Fsp3) is 0.600. The Morgan fingerprint density at radius 1 is 1.89 bits per heavy atom. The van der Waals surface area contributed by atoms with Crippen molar-refractivity contribution in [1.29, 1.82) is 0 Å². The maximum Gasteiger partial charge on any atom is 0.321 e. The van der Waals surface area contributed by atoms with Gasteiger partial charge in [-0.05, 0) is 0 Å². The zero-order valence-corrected chi connectivity index (χ0v) is 5.13. The van der Waals surface area contributed by atoms with Crippen LogP contribution in [0.2, 0.25) is 0 Å². The van der Waals surface area contributed by atoms with Crippen LogP contribution < -0.4 is 5.73 Å². The van der Waals surface area contributed by atoms with Crippen LogP contribution in [-0.2, 0) is 4.79 Å². The van der Waals surface area contributed by atoms with E-state index in [1.165, 1.54) is 0 Å². The summed E-state index contributed by atoms with van der Waals surface area (Å²) in [6.07, 6.45) is 0. The summed E-state index contributed by atoms with van der Waals surface area (Å²) in [5.41, 5.74) is 4.82. The molecule has 3 amide bonds. The number of primary amides is 1. The van der Waals surface area contributed by atoms with Gasteiger partial charge in [0.2, 0.25) is 5.91 Å². The van der Waals surface area contributed by atoms with Gasteiger partial charge in [-0.1, -0.05) is 6.92 Å². The number of nitrogens with zero attached hydrogens (tertiary/aromatic N) is 1. The molecule has 0 aromatic heterocycles. The van der Waals surface area contributed by atoms with Gasteiger partial charge in [-0.3, -0.25) is 9.69 Å². The van der Waals surface area contributed by atoms with Crippen LogP contribution in [0, 0.1) is 5.92 Å². The van der Waals surface area contributed by atoms with Gasteiger partial charge in [0.05, 0.1) is 5.92 Å². The number of carbonyl (C=O) groups excluding carboxylic acids is 2. The highest BCUT2D eigenvalue weighted by molar-refractivity contribution is 5.99. The number of imide groups is 1. The third kappa shape index (κ3) is 0.759. The molecule has 4 heteroatoms. The molecule has 1 aliphatic rings. The second-order valence-corrected chi connectivity index (χ2v) is 2.19. The number of urea groups is 1. The van der Waals surface area contributed by atoms with Gasteiger partial charge in [-0.15, -0.1) is 0 Å². The zero-order valence-electron chi connectivity index (χ0n) is 5.13. The third-order valence-corrected chi connectivity index (χ3v) is 1.41. The van der Waals surface area contributed by atoms with Crippen molar-refractivity contribution in [3.05, 3.63) is 0 Å². The smallest absolute Gasteiger partial charge is 0.321 e. The van der Waals surface area contributed by atoms with E-state index in [2.05, 4.69) is 0 Å². The zero-order chi connectivity index (χ0) is 7.02. The Balaban J connectivity index is 2.52. The summed E-state index contributed by atoms with van der Waals surface area (Å²) in [6.45, 7) is 2.25. The fourth-order valence-electron chi connectivity index (χ4n) is 0.794. The Labute approximate surface area is 52.6 Å². The van der Waals surface area contributed by atoms with Crippen LogP contribution in [0.5, 0.6) is 0 Å². The molecule has 50 valence electrons. The molecular weight excluding hydrogens is 120 g/mol. The minimum atomic E-state index is -0.641. The summed E-state index contributed by atoms with van der Waals surface area (Å²) in [5.74, 6) is -0.181. The molecule has 0 saturated carbocycles. The van der Waals surface area contributed by atoms with E-state index in [1.54, 1.807) is 6.92 Å². The molecule has 1 fully saturated rings. The molecule has 0 radical (unpaired) electrons. The van der Waals surface area contributed by atoms with E-state index in [0.29, 0.717) is 6.54 Å². The van der Waals surface area contributed by atoms with Crippen molar-refractivity contribution < 1.29 is 9.59 Å². The van der Waals surface area contributed by atoms with E-state index in [-0.39, 0.29) is 11.8 Å². The maximum atomic E-state index is 10.6. The lowest BCUT2D eigenvalue weighted by molar-refractivity contribution is -0.141. The number of nitrogens with two attached hydrogens (primary N) is 1. The maximum absolute atomic E-state index is 10.6. The normalized spacial score (nSPS) is 25.7. The second kappa shape index (κ2) is 1.72. The lowest BCUT2D eigenvalue weighted by Gasteiger charge is -2.32. The molecule has 1 aliphatic heterocycles. The number of hydrogen-bond donors (Lipinski definition) is 1. The van der Waals surface area contributed by atoms with E-state index in [9.17, 15) is 9.59 Å². The standard InChI is InChI=1S/C5H8N2O2/c1-3-2-7(4(3)8)5(6)9/h3H,2H2,1H3,(H2,6,9). The summed E-state index contributed by atoms with van der Waals surface area (Å²) < 4.78 is 0. The summed E-state index contributed by atoms with van der Waals surface area (Å²) >= 11 is 0. The largest absolute Gasteiger partial charge is 0.351 e. The number of β-lactam (4-membered cyclic amide) rings is 1. The minimum Gasteiger partial charge on any atom is -0.351 e. The van der Waals surface area contributed by atoms with Crippen LogP contribution in [0.4, 0.5) is 4.79 Å². The van der Waals surface area contributed by atoms with E-state index < -0.39 is 6.03 Å². The number of rotatable bonds is 0. The first-order valence-electron chi connectivity index (χ1n) is 2.73. The second-order valence-electron chi connectivity index (χ2n) is 2.19. The predicted octanol–water partition coefficient (Wildman–Crippen LogP) is -0.457.